The smallest absolute Gasteiger partial charge is 0.222 e. The van der Waals surface area contributed by atoms with E-state index in [-0.39, 0.29) is 18.5 Å². The highest BCUT2D eigenvalue weighted by Crippen LogP contribution is 2.39. The van der Waals surface area contributed by atoms with Crippen LogP contribution in [0.3, 0.4) is 0 Å². The van der Waals surface area contributed by atoms with Gasteiger partial charge in [-0.05, 0) is 55.5 Å². The molecule has 9 heteroatoms. The van der Waals surface area contributed by atoms with E-state index < -0.39 is 5.41 Å². The third-order valence-corrected chi connectivity index (χ3v) is 5.45. The first-order chi connectivity index (χ1) is 15.0. The average Bonchev–Trinajstić information content (AvgIpc) is 2.79. The van der Waals surface area contributed by atoms with Crippen LogP contribution < -0.4 is 21.7 Å². The van der Waals surface area contributed by atoms with Crippen LogP contribution >= 0.6 is 0 Å². The summed E-state index contributed by atoms with van der Waals surface area (Å²) >= 11 is 0. The van der Waals surface area contributed by atoms with Gasteiger partial charge in [0.1, 0.15) is 5.82 Å². The number of aliphatic imine (C=N–C) groups is 1. The van der Waals surface area contributed by atoms with E-state index in [9.17, 15) is 5.26 Å². The molecular weight excluding hydrogens is 392 g/mol. The second-order valence-electron chi connectivity index (χ2n) is 7.53. The Morgan fingerprint density at radius 1 is 1.23 bits per heavy atom. The summed E-state index contributed by atoms with van der Waals surface area (Å²) in [5.74, 6) is 0.492. The molecule has 162 valence electrons. The van der Waals surface area contributed by atoms with Crippen molar-refractivity contribution in [3.05, 3.63) is 54.2 Å². The molecule has 31 heavy (non-hydrogen) atoms. The Bertz CT molecular complexity index is 928. The molecule has 0 saturated heterocycles. The SMILES string of the molecule is N#CC1(c2ccc(NC(=N)/N=C(/N)Nc3ccccn3)cc2)CCC(NCCO)CC1. The molecule has 0 atom stereocenters. The maximum absolute atomic E-state index is 9.89. The third-order valence-electron chi connectivity index (χ3n) is 5.45. The number of nitrogens with two attached hydrogens (primary N) is 1. The Kier molecular flexibility index (Phi) is 7.54. The van der Waals surface area contributed by atoms with E-state index >= 15 is 0 Å². The maximum atomic E-state index is 9.89. The molecule has 1 aliphatic rings. The van der Waals surface area contributed by atoms with Gasteiger partial charge in [0.25, 0.3) is 0 Å². The van der Waals surface area contributed by atoms with Crippen LogP contribution in [-0.4, -0.2) is 41.2 Å². The normalized spacial score (nSPS) is 21.2. The van der Waals surface area contributed by atoms with Gasteiger partial charge in [0, 0.05) is 24.5 Å². The number of hydrogen-bond acceptors (Lipinski definition) is 5. The Morgan fingerprint density at radius 2 is 1.97 bits per heavy atom. The first-order valence-corrected chi connectivity index (χ1v) is 10.3. The highest BCUT2D eigenvalue weighted by atomic mass is 16.3. The van der Waals surface area contributed by atoms with Crippen LogP contribution in [-0.2, 0) is 5.41 Å². The van der Waals surface area contributed by atoms with Crippen molar-refractivity contribution in [1.82, 2.24) is 10.3 Å². The molecule has 1 aromatic carbocycles. The predicted molar refractivity (Wildman–Crippen MR) is 122 cm³/mol. The van der Waals surface area contributed by atoms with E-state index in [2.05, 4.69) is 32.0 Å². The van der Waals surface area contributed by atoms with Crippen LogP contribution in [0.15, 0.2) is 53.7 Å². The number of nitriles is 1. The first-order valence-electron chi connectivity index (χ1n) is 10.3. The Labute approximate surface area is 181 Å². The number of nitrogens with zero attached hydrogens (tertiary/aromatic N) is 3. The van der Waals surface area contributed by atoms with E-state index in [1.54, 1.807) is 18.3 Å². The van der Waals surface area contributed by atoms with Gasteiger partial charge in [-0.2, -0.15) is 10.3 Å². The van der Waals surface area contributed by atoms with Crippen LogP contribution in [0.25, 0.3) is 0 Å². The Hall–Kier alpha value is -3.48. The van der Waals surface area contributed by atoms with Crippen molar-refractivity contribution in [3.63, 3.8) is 0 Å². The number of benzene rings is 1. The average molecular weight is 421 g/mol. The molecular formula is C22H28N8O. The van der Waals surface area contributed by atoms with Gasteiger partial charge >= 0.3 is 0 Å². The second-order valence-corrected chi connectivity index (χ2v) is 7.53. The summed E-state index contributed by atoms with van der Waals surface area (Å²) in [7, 11) is 0. The second kappa shape index (κ2) is 10.5. The molecule has 2 aromatic rings. The van der Waals surface area contributed by atoms with Gasteiger partial charge in [-0.1, -0.05) is 18.2 Å². The van der Waals surface area contributed by atoms with Gasteiger partial charge in [0.15, 0.2) is 0 Å². The lowest BCUT2D eigenvalue weighted by Gasteiger charge is -2.35. The molecule has 1 heterocycles. The molecule has 0 aliphatic heterocycles. The van der Waals surface area contributed by atoms with Crippen molar-refractivity contribution < 1.29 is 5.11 Å². The number of guanidine groups is 2. The molecule has 1 aromatic heterocycles. The molecule has 0 unspecified atom stereocenters. The quantitative estimate of drug-likeness (QED) is 0.309. The number of aliphatic hydroxyl groups is 1. The van der Waals surface area contributed by atoms with Crippen molar-refractivity contribution >= 4 is 23.4 Å². The maximum Gasteiger partial charge on any atom is 0.222 e. The zero-order valence-corrected chi connectivity index (χ0v) is 17.3. The van der Waals surface area contributed by atoms with Gasteiger partial charge in [0.05, 0.1) is 18.1 Å². The number of anilines is 2. The lowest BCUT2D eigenvalue weighted by molar-refractivity contribution is 0.254. The molecule has 7 N–H and O–H groups in total. The van der Waals surface area contributed by atoms with E-state index in [1.807, 2.05) is 30.3 Å². The van der Waals surface area contributed by atoms with Crippen molar-refractivity contribution in [1.29, 1.82) is 10.7 Å². The minimum Gasteiger partial charge on any atom is -0.395 e. The molecule has 3 rings (SSSR count). The summed E-state index contributed by atoms with van der Waals surface area (Å²) in [4.78, 5) is 8.07. The topological polar surface area (TPSA) is 155 Å². The minimum absolute atomic E-state index is 0.0582. The minimum atomic E-state index is -0.501. The first kappa shape index (κ1) is 22.2. The van der Waals surface area contributed by atoms with E-state index in [0.717, 1.165) is 31.2 Å². The number of pyridine rings is 1. The summed E-state index contributed by atoms with van der Waals surface area (Å²) in [5, 5.41) is 35.9. The number of aromatic nitrogens is 1. The van der Waals surface area contributed by atoms with Crippen molar-refractivity contribution in [2.45, 2.75) is 37.1 Å². The summed E-state index contributed by atoms with van der Waals surface area (Å²) in [6, 6.07) is 15.8. The summed E-state index contributed by atoms with van der Waals surface area (Å²) in [6.07, 6.45) is 4.97. The summed E-state index contributed by atoms with van der Waals surface area (Å²) in [6.45, 7) is 0.708. The Balaban J connectivity index is 1.58. The molecule has 0 amide bonds. The van der Waals surface area contributed by atoms with Gasteiger partial charge in [-0.15, -0.1) is 0 Å². The number of nitrogens with one attached hydrogen (secondary N) is 4. The zero-order chi connectivity index (χ0) is 22.1. The largest absolute Gasteiger partial charge is 0.395 e. The van der Waals surface area contributed by atoms with Crippen LogP contribution in [0.2, 0.25) is 0 Å². The monoisotopic (exact) mass is 420 g/mol. The molecule has 0 radical (unpaired) electrons. The lowest BCUT2D eigenvalue weighted by atomic mass is 9.69. The fourth-order valence-electron chi connectivity index (χ4n) is 3.80. The molecule has 1 saturated carbocycles. The standard InChI is InChI=1S/C22H28N8O/c23-15-22(10-8-17(9-11-22)26-13-14-31)16-4-6-18(7-5-16)28-20(24)30-21(25)29-19-3-1-2-12-27-19/h1-7,12,17,26,31H,8-11,13-14H2,(H5,24,25,27,28,29,30). The molecule has 0 spiro atoms. The van der Waals surface area contributed by atoms with Gasteiger partial charge < -0.3 is 26.8 Å². The van der Waals surface area contributed by atoms with Crippen molar-refractivity contribution in [3.8, 4) is 6.07 Å². The van der Waals surface area contributed by atoms with Gasteiger partial charge in [-0.3, -0.25) is 5.41 Å². The highest BCUT2D eigenvalue weighted by molar-refractivity contribution is 6.04. The fourth-order valence-corrected chi connectivity index (χ4v) is 3.80. The van der Waals surface area contributed by atoms with Gasteiger partial charge in [-0.25, -0.2) is 4.98 Å². The summed E-state index contributed by atoms with van der Waals surface area (Å²) < 4.78 is 0. The van der Waals surface area contributed by atoms with Crippen molar-refractivity contribution in [2.75, 3.05) is 23.8 Å². The Morgan fingerprint density at radius 3 is 2.58 bits per heavy atom. The van der Waals surface area contributed by atoms with Crippen molar-refractivity contribution in [2.24, 2.45) is 10.7 Å². The molecule has 9 nitrogen and oxygen atoms in total. The van der Waals surface area contributed by atoms with E-state index in [0.29, 0.717) is 24.1 Å². The number of aliphatic hydroxyl groups excluding tert-OH is 1. The summed E-state index contributed by atoms with van der Waals surface area (Å²) in [5.41, 5.74) is 6.99. The van der Waals surface area contributed by atoms with E-state index in [4.69, 9.17) is 16.2 Å². The fraction of sp³-hybridized carbons (Fsp3) is 0.364. The zero-order valence-electron chi connectivity index (χ0n) is 17.3. The molecule has 0 bridgehead atoms. The third kappa shape index (κ3) is 6.01. The molecule has 1 aliphatic carbocycles. The number of hydrogen-bond donors (Lipinski definition) is 6. The predicted octanol–water partition coefficient (Wildman–Crippen LogP) is 2.14. The van der Waals surface area contributed by atoms with Crippen LogP contribution in [0.5, 0.6) is 0 Å². The van der Waals surface area contributed by atoms with Crippen LogP contribution in [0, 0.1) is 16.7 Å². The molecule has 1 fully saturated rings. The van der Waals surface area contributed by atoms with E-state index in [1.165, 1.54) is 0 Å². The van der Waals surface area contributed by atoms with Gasteiger partial charge in [0.2, 0.25) is 11.9 Å². The van der Waals surface area contributed by atoms with Crippen LogP contribution in [0.4, 0.5) is 11.5 Å². The lowest BCUT2D eigenvalue weighted by Crippen LogP contribution is -2.40. The highest BCUT2D eigenvalue weighted by Gasteiger charge is 2.36. The number of rotatable bonds is 6. The van der Waals surface area contributed by atoms with Crippen LogP contribution in [0.1, 0.15) is 31.2 Å².